The summed E-state index contributed by atoms with van der Waals surface area (Å²) in [4.78, 5) is 10.9. The molecule has 0 bridgehead atoms. The van der Waals surface area contributed by atoms with E-state index in [2.05, 4.69) is 0 Å². The zero-order valence-electron chi connectivity index (χ0n) is 23.3. The Morgan fingerprint density at radius 1 is 0.886 bits per heavy atom. The number of rotatable bonds is 14. The van der Waals surface area contributed by atoms with E-state index in [1.54, 1.807) is 49.4 Å². The lowest BCUT2D eigenvalue weighted by Gasteiger charge is -2.52. The van der Waals surface area contributed by atoms with Gasteiger partial charge in [0.2, 0.25) is 7.57 Å². The second-order valence-corrected chi connectivity index (χ2v) is 15.7. The third-order valence-corrected chi connectivity index (χ3v) is 14.5. The summed E-state index contributed by atoms with van der Waals surface area (Å²) in [5.74, 6) is 0. The molecule has 0 aliphatic carbocycles. The molecule has 9 atom stereocenters. The van der Waals surface area contributed by atoms with Gasteiger partial charge in [-0.3, -0.25) is 9.09 Å². The Hall–Kier alpha value is 0.310. The number of aliphatic hydroxyl groups is 3. The molecule has 0 saturated carbocycles. The normalized spacial score (nSPS) is 32.1. The molecular formula is C22H48B2O9P2. The molecule has 1 aliphatic rings. The molecule has 1 heterocycles. The molecule has 9 nitrogen and oxygen atoms in total. The molecule has 0 amide bonds. The summed E-state index contributed by atoms with van der Waals surface area (Å²) in [5.41, 5.74) is -2.33. The first-order valence-corrected chi connectivity index (χ1v) is 16.5. The molecule has 0 aromatic heterocycles. The first-order chi connectivity index (χ1) is 15.8. The summed E-state index contributed by atoms with van der Waals surface area (Å²) in [6.07, 6.45) is -1.49. The average molecular weight is 540 g/mol. The molecule has 0 aromatic carbocycles. The summed E-state index contributed by atoms with van der Waals surface area (Å²) in [6, 6.07) is -0.531. The predicted octanol–water partition coefficient (Wildman–Crippen LogP) is 2.52. The highest BCUT2D eigenvalue weighted by molar-refractivity contribution is 7.84. The number of hydrogen-bond donors (Lipinski definition) is 4. The first-order valence-electron chi connectivity index (χ1n) is 12.8. The summed E-state index contributed by atoms with van der Waals surface area (Å²) in [7, 11) is -4.93. The summed E-state index contributed by atoms with van der Waals surface area (Å²) in [5, 5.41) is 28.2. The Morgan fingerprint density at radius 3 is 1.74 bits per heavy atom. The predicted molar refractivity (Wildman–Crippen MR) is 144 cm³/mol. The van der Waals surface area contributed by atoms with E-state index in [4.69, 9.17) is 13.8 Å². The van der Waals surface area contributed by atoms with Crippen LogP contribution in [0.1, 0.15) is 93.9 Å². The van der Waals surface area contributed by atoms with Gasteiger partial charge in [0.05, 0.1) is 28.5 Å². The van der Waals surface area contributed by atoms with Crippen molar-refractivity contribution in [3.63, 3.8) is 0 Å². The highest BCUT2D eigenvalue weighted by atomic mass is 31.2. The summed E-state index contributed by atoms with van der Waals surface area (Å²) >= 11 is 0. The van der Waals surface area contributed by atoms with Gasteiger partial charge in [0.15, 0.2) is 12.6 Å². The Balaban J connectivity index is 3.38. The zero-order valence-corrected chi connectivity index (χ0v) is 25.1. The van der Waals surface area contributed by atoms with E-state index in [1.165, 1.54) is 7.57 Å². The lowest BCUT2D eigenvalue weighted by Crippen LogP contribution is -2.53. The minimum atomic E-state index is -4.54. The van der Waals surface area contributed by atoms with E-state index in [1.807, 2.05) is 13.8 Å². The van der Waals surface area contributed by atoms with Crippen molar-refractivity contribution in [3.8, 4) is 0 Å². The molecule has 3 unspecified atom stereocenters. The number of ether oxygens (including phenoxy) is 1. The van der Waals surface area contributed by atoms with Crippen molar-refractivity contribution < 1.29 is 43.1 Å². The van der Waals surface area contributed by atoms with Crippen LogP contribution >= 0.6 is 14.8 Å². The Bertz CT molecular complexity index is 814. The van der Waals surface area contributed by atoms with Crippen LogP contribution in [0.4, 0.5) is 0 Å². The second-order valence-electron chi connectivity index (χ2n) is 10.8. The quantitative estimate of drug-likeness (QED) is 0.193. The monoisotopic (exact) mass is 540 g/mol. The lowest BCUT2D eigenvalue weighted by molar-refractivity contribution is -0.0391. The maximum atomic E-state index is 14.4. The SMILES string of the molecule is B[C@@H]1O[C@H](C[C@@](C)(CC)OP(B)(=O)[C@](C)(CC)C(C)(CC)OP(=O)(O)C(O)(CC)CC)[C@@H](O)[C@H]1O. The fourth-order valence-corrected chi connectivity index (χ4v) is 9.74. The Kier molecular flexibility index (Phi) is 11.0. The molecule has 4 N–H and O–H groups in total. The first kappa shape index (κ1) is 33.3. The molecule has 0 aromatic rings. The highest BCUT2D eigenvalue weighted by Crippen LogP contribution is 2.69. The van der Waals surface area contributed by atoms with E-state index in [0.717, 1.165) is 0 Å². The van der Waals surface area contributed by atoms with Crippen LogP contribution in [0.5, 0.6) is 0 Å². The molecule has 0 radical (unpaired) electrons. The van der Waals surface area contributed by atoms with Gasteiger partial charge in [-0.2, -0.15) is 0 Å². The molecule has 1 fully saturated rings. The van der Waals surface area contributed by atoms with E-state index in [-0.39, 0.29) is 25.7 Å². The van der Waals surface area contributed by atoms with Crippen LogP contribution in [0.25, 0.3) is 0 Å². The van der Waals surface area contributed by atoms with Crippen LogP contribution in [-0.4, -0.2) is 81.6 Å². The summed E-state index contributed by atoms with van der Waals surface area (Å²) < 4.78 is 45.7. The molecule has 35 heavy (non-hydrogen) atoms. The van der Waals surface area contributed by atoms with Gasteiger partial charge in [0.25, 0.3) is 0 Å². The third-order valence-electron chi connectivity index (χ3n) is 8.76. The van der Waals surface area contributed by atoms with Crippen molar-refractivity contribution >= 4 is 30.3 Å². The topological polar surface area (TPSA) is 143 Å². The molecular weight excluding hydrogens is 492 g/mol. The van der Waals surface area contributed by atoms with Crippen LogP contribution in [0.2, 0.25) is 0 Å². The van der Waals surface area contributed by atoms with Gasteiger partial charge in [0.1, 0.15) is 20.1 Å². The van der Waals surface area contributed by atoms with Crippen molar-refractivity contribution in [1.82, 2.24) is 0 Å². The molecule has 1 aliphatic heterocycles. The van der Waals surface area contributed by atoms with Gasteiger partial charge < -0.3 is 34.0 Å². The van der Waals surface area contributed by atoms with E-state index in [0.29, 0.717) is 12.8 Å². The number of hydrogen-bond acceptors (Lipinski definition) is 8. The minimum Gasteiger partial charge on any atom is -0.388 e. The summed E-state index contributed by atoms with van der Waals surface area (Å²) in [6.45, 7) is 13.9. The van der Waals surface area contributed by atoms with Gasteiger partial charge in [-0.05, 0) is 52.9 Å². The van der Waals surface area contributed by atoms with Crippen LogP contribution in [0.3, 0.4) is 0 Å². The highest BCUT2D eigenvalue weighted by Gasteiger charge is 2.60. The third kappa shape index (κ3) is 6.32. The maximum absolute atomic E-state index is 14.4. The Labute approximate surface area is 213 Å². The van der Waals surface area contributed by atoms with Gasteiger partial charge in [-0.1, -0.05) is 34.6 Å². The molecule has 206 valence electrons. The molecule has 1 saturated heterocycles. The minimum absolute atomic E-state index is 0.0299. The smallest absolute Gasteiger partial charge is 0.359 e. The van der Waals surface area contributed by atoms with Crippen LogP contribution in [0, 0.1) is 0 Å². The lowest BCUT2D eigenvalue weighted by atomic mass is 9.85. The van der Waals surface area contributed by atoms with Crippen molar-refractivity contribution in [2.75, 3.05) is 0 Å². The number of aliphatic hydroxyl groups excluding tert-OH is 2. The van der Waals surface area contributed by atoms with Crippen LogP contribution in [-0.2, 0) is 22.9 Å². The van der Waals surface area contributed by atoms with Crippen molar-refractivity contribution in [1.29, 1.82) is 0 Å². The largest absolute Gasteiger partial charge is 0.388 e. The van der Waals surface area contributed by atoms with Gasteiger partial charge in [-0.25, -0.2) is 0 Å². The molecule has 1 rings (SSSR count). The van der Waals surface area contributed by atoms with E-state index in [9.17, 15) is 29.3 Å². The van der Waals surface area contributed by atoms with Crippen LogP contribution in [0.15, 0.2) is 0 Å². The molecule has 0 spiro atoms. The van der Waals surface area contributed by atoms with E-state index < -0.39 is 60.9 Å². The zero-order chi connectivity index (χ0) is 27.7. The Morgan fingerprint density at radius 2 is 1.40 bits per heavy atom. The fourth-order valence-electron chi connectivity index (χ4n) is 4.94. The van der Waals surface area contributed by atoms with Crippen molar-refractivity contribution in [2.24, 2.45) is 0 Å². The van der Waals surface area contributed by atoms with Gasteiger partial charge in [0, 0.05) is 6.42 Å². The van der Waals surface area contributed by atoms with Crippen molar-refractivity contribution in [2.45, 2.75) is 140 Å². The fraction of sp³-hybridized carbons (Fsp3) is 1.00. The maximum Gasteiger partial charge on any atom is 0.359 e. The van der Waals surface area contributed by atoms with Gasteiger partial charge in [-0.15, -0.1) is 0 Å². The van der Waals surface area contributed by atoms with Crippen LogP contribution < -0.4 is 0 Å². The van der Waals surface area contributed by atoms with E-state index >= 15 is 0 Å². The second kappa shape index (κ2) is 11.6. The average Bonchev–Trinajstić information content (AvgIpc) is 3.02. The van der Waals surface area contributed by atoms with Gasteiger partial charge >= 0.3 is 7.60 Å². The standard InChI is InChI=1S/C22H48B2O9P2/c1-9-19(6,14-15-16(25)17(26)18(23)31-15)32-34(24,28)21(8,11-3)20(7,10-2)33-35(29,30)22(27,12-4)13-5/h15-18,25-27H,9-14,23-24H2,1-8H3,(H,29,30)/t15-,16-,17-,18-,19-,20?,21-,34?/m1/s1. The van der Waals surface area contributed by atoms with Crippen molar-refractivity contribution in [3.05, 3.63) is 0 Å². The molecule has 13 heteroatoms.